The van der Waals surface area contributed by atoms with Crippen molar-refractivity contribution in [2.75, 3.05) is 19.0 Å². The summed E-state index contributed by atoms with van der Waals surface area (Å²) < 4.78 is 13.5. The molecule has 0 aliphatic rings. The minimum Gasteiger partial charge on any atom is -0.347 e. The summed E-state index contributed by atoms with van der Waals surface area (Å²) >= 11 is 5.77. The maximum Gasteiger partial charge on any atom is 0.229 e. The smallest absolute Gasteiger partial charge is 0.229 e. The van der Waals surface area contributed by atoms with Crippen LogP contribution in [0.1, 0.15) is 0 Å². The van der Waals surface area contributed by atoms with Crippen LogP contribution in [0.25, 0.3) is 11.4 Å². The van der Waals surface area contributed by atoms with Crippen LogP contribution in [0.2, 0.25) is 5.28 Å². The number of nitrogens with zero attached hydrogens (tertiary/aromatic N) is 5. The van der Waals surface area contributed by atoms with Gasteiger partial charge in [-0.15, -0.1) is 0 Å². The molecular weight excluding hydrogens is 245 g/mol. The Kier molecular flexibility index (Phi) is 3.14. The Morgan fingerprint density at radius 2 is 2.00 bits per heavy atom. The van der Waals surface area contributed by atoms with Crippen molar-refractivity contribution >= 4 is 17.5 Å². The van der Waals surface area contributed by atoms with E-state index in [0.717, 1.165) is 6.20 Å². The van der Waals surface area contributed by atoms with E-state index in [9.17, 15) is 4.39 Å². The molecule has 5 nitrogen and oxygen atoms in total. The predicted molar refractivity (Wildman–Crippen MR) is 62.4 cm³/mol. The molecule has 0 amide bonds. The van der Waals surface area contributed by atoms with Crippen molar-refractivity contribution in [2.45, 2.75) is 0 Å². The molecule has 0 bridgehead atoms. The van der Waals surface area contributed by atoms with Crippen LogP contribution < -0.4 is 4.90 Å². The first-order chi connectivity index (χ1) is 8.08. The zero-order valence-electron chi connectivity index (χ0n) is 9.22. The van der Waals surface area contributed by atoms with Crippen molar-refractivity contribution in [3.05, 3.63) is 29.6 Å². The van der Waals surface area contributed by atoms with Crippen molar-refractivity contribution < 1.29 is 4.39 Å². The average molecular weight is 254 g/mol. The maximum atomic E-state index is 13.5. The monoisotopic (exact) mass is 253 g/mol. The average Bonchev–Trinajstić information content (AvgIpc) is 2.28. The van der Waals surface area contributed by atoms with Crippen molar-refractivity contribution in [3.63, 3.8) is 0 Å². The minimum absolute atomic E-state index is 0.0231. The number of halogens is 2. The minimum atomic E-state index is -0.500. The van der Waals surface area contributed by atoms with E-state index >= 15 is 0 Å². The lowest BCUT2D eigenvalue weighted by atomic mass is 10.2. The third-order valence-electron chi connectivity index (χ3n) is 2.01. The van der Waals surface area contributed by atoms with E-state index in [1.807, 2.05) is 0 Å². The summed E-state index contributed by atoms with van der Waals surface area (Å²) in [5.41, 5.74) is 0.243. The van der Waals surface area contributed by atoms with Crippen LogP contribution in [0.15, 0.2) is 18.5 Å². The Morgan fingerprint density at radius 1 is 1.24 bits per heavy atom. The zero-order valence-corrected chi connectivity index (χ0v) is 9.98. The van der Waals surface area contributed by atoms with Crippen LogP contribution in [-0.2, 0) is 0 Å². The molecular formula is C10H9ClFN5. The fourth-order valence-electron chi connectivity index (χ4n) is 1.22. The Bertz CT molecular complexity index is 546. The van der Waals surface area contributed by atoms with Crippen molar-refractivity contribution in [1.29, 1.82) is 0 Å². The first-order valence-corrected chi connectivity index (χ1v) is 5.14. The molecule has 88 valence electrons. The lowest BCUT2D eigenvalue weighted by Gasteiger charge is -2.11. The normalized spacial score (nSPS) is 10.4. The third kappa shape index (κ3) is 2.47. The summed E-state index contributed by atoms with van der Waals surface area (Å²) in [6.07, 6.45) is 2.56. The molecule has 17 heavy (non-hydrogen) atoms. The van der Waals surface area contributed by atoms with Gasteiger partial charge >= 0.3 is 0 Å². The SMILES string of the molecule is CN(C)c1nc(Cl)nc(-c2ccncc2F)n1. The number of aromatic nitrogens is 4. The molecule has 0 radical (unpaired) electrons. The van der Waals surface area contributed by atoms with E-state index in [2.05, 4.69) is 19.9 Å². The van der Waals surface area contributed by atoms with E-state index in [1.165, 1.54) is 12.3 Å². The standard InChI is InChI=1S/C10H9ClFN5/c1-17(2)10-15-8(14-9(11)16-10)6-3-4-13-5-7(6)12/h3-5H,1-2H3. The second kappa shape index (κ2) is 4.58. The van der Waals surface area contributed by atoms with E-state index in [-0.39, 0.29) is 16.7 Å². The summed E-state index contributed by atoms with van der Waals surface area (Å²) in [4.78, 5) is 17.3. The molecule has 0 saturated carbocycles. The molecule has 7 heteroatoms. The quantitative estimate of drug-likeness (QED) is 0.817. The van der Waals surface area contributed by atoms with Gasteiger partial charge in [-0.25, -0.2) is 4.39 Å². The second-order valence-electron chi connectivity index (χ2n) is 3.48. The van der Waals surface area contributed by atoms with Gasteiger partial charge in [0.2, 0.25) is 11.2 Å². The van der Waals surface area contributed by atoms with Gasteiger partial charge in [0.1, 0.15) is 0 Å². The molecule has 0 spiro atoms. The number of pyridine rings is 1. The fourth-order valence-corrected chi connectivity index (χ4v) is 1.37. The van der Waals surface area contributed by atoms with Crippen LogP contribution in [0, 0.1) is 5.82 Å². The molecule has 0 unspecified atom stereocenters. The van der Waals surface area contributed by atoms with Gasteiger partial charge in [-0.1, -0.05) is 0 Å². The lowest BCUT2D eigenvalue weighted by Crippen LogP contribution is -2.14. The van der Waals surface area contributed by atoms with E-state index in [4.69, 9.17) is 11.6 Å². The van der Waals surface area contributed by atoms with Gasteiger partial charge in [0.15, 0.2) is 11.6 Å². The summed E-state index contributed by atoms with van der Waals surface area (Å²) in [6.45, 7) is 0. The van der Waals surface area contributed by atoms with Gasteiger partial charge < -0.3 is 4.90 Å². The number of hydrogen-bond acceptors (Lipinski definition) is 5. The molecule has 0 aliphatic heterocycles. The Morgan fingerprint density at radius 3 is 2.65 bits per heavy atom. The van der Waals surface area contributed by atoms with Crippen LogP contribution >= 0.6 is 11.6 Å². The van der Waals surface area contributed by atoms with Gasteiger partial charge in [0.25, 0.3) is 0 Å². The highest BCUT2D eigenvalue weighted by Gasteiger charge is 2.12. The highest BCUT2D eigenvalue weighted by molar-refractivity contribution is 6.28. The second-order valence-corrected chi connectivity index (χ2v) is 3.82. The Labute approximate surface area is 102 Å². The molecule has 0 atom stereocenters. The predicted octanol–water partition coefficient (Wildman–Crippen LogP) is 1.79. The first-order valence-electron chi connectivity index (χ1n) is 4.76. The molecule has 2 rings (SSSR count). The molecule has 0 saturated heterocycles. The largest absolute Gasteiger partial charge is 0.347 e. The number of anilines is 1. The lowest BCUT2D eigenvalue weighted by molar-refractivity contribution is 0.623. The van der Waals surface area contributed by atoms with Gasteiger partial charge in [-0.3, -0.25) is 4.98 Å². The van der Waals surface area contributed by atoms with Crippen LogP contribution in [0.4, 0.5) is 10.3 Å². The molecule has 2 aromatic rings. The molecule has 2 aromatic heterocycles. The van der Waals surface area contributed by atoms with Gasteiger partial charge in [0.05, 0.1) is 11.8 Å². The maximum absolute atomic E-state index is 13.5. The third-order valence-corrected chi connectivity index (χ3v) is 2.18. The first kappa shape index (κ1) is 11.7. The number of rotatable bonds is 2. The van der Waals surface area contributed by atoms with Gasteiger partial charge in [0, 0.05) is 20.3 Å². The van der Waals surface area contributed by atoms with Crippen molar-refractivity contribution in [3.8, 4) is 11.4 Å². The van der Waals surface area contributed by atoms with E-state index < -0.39 is 5.82 Å². The molecule has 2 heterocycles. The molecule has 0 aliphatic carbocycles. The van der Waals surface area contributed by atoms with Gasteiger partial charge in [-0.2, -0.15) is 15.0 Å². The van der Waals surface area contributed by atoms with Crippen molar-refractivity contribution in [2.24, 2.45) is 0 Å². The summed E-state index contributed by atoms with van der Waals surface area (Å²) in [7, 11) is 3.52. The molecule has 0 N–H and O–H groups in total. The Hall–Kier alpha value is -1.82. The van der Waals surface area contributed by atoms with Gasteiger partial charge in [-0.05, 0) is 17.7 Å². The van der Waals surface area contributed by atoms with Crippen molar-refractivity contribution in [1.82, 2.24) is 19.9 Å². The van der Waals surface area contributed by atoms with Crippen LogP contribution in [-0.4, -0.2) is 34.0 Å². The molecule has 0 aromatic carbocycles. The fraction of sp³-hybridized carbons (Fsp3) is 0.200. The number of hydrogen-bond donors (Lipinski definition) is 0. The van der Waals surface area contributed by atoms with E-state index in [1.54, 1.807) is 19.0 Å². The zero-order chi connectivity index (χ0) is 12.4. The van der Waals surface area contributed by atoms with E-state index in [0.29, 0.717) is 5.95 Å². The molecule has 0 fully saturated rings. The highest BCUT2D eigenvalue weighted by Crippen LogP contribution is 2.20. The summed E-state index contributed by atoms with van der Waals surface area (Å²) in [6, 6.07) is 1.49. The summed E-state index contributed by atoms with van der Waals surface area (Å²) in [5, 5.41) is 0.0231. The summed E-state index contributed by atoms with van der Waals surface area (Å²) in [5.74, 6) is 0.0595. The highest BCUT2D eigenvalue weighted by atomic mass is 35.5. The van der Waals surface area contributed by atoms with Crippen LogP contribution in [0.5, 0.6) is 0 Å². The topological polar surface area (TPSA) is 54.8 Å². The van der Waals surface area contributed by atoms with Crippen LogP contribution in [0.3, 0.4) is 0 Å². The Balaban J connectivity index is 2.56.